The van der Waals surface area contributed by atoms with Crippen LogP contribution >= 0.6 is 23.2 Å². The minimum atomic E-state index is -0.919. The van der Waals surface area contributed by atoms with Crippen LogP contribution in [0.5, 0.6) is 0 Å². The quantitative estimate of drug-likeness (QED) is 0.431. The third-order valence-electron chi connectivity index (χ3n) is 5.87. The normalized spacial score (nSPS) is 15.2. The number of hydrogen-bond donors (Lipinski definition) is 0. The Hall–Kier alpha value is -3.66. The maximum atomic E-state index is 13.4. The summed E-state index contributed by atoms with van der Waals surface area (Å²) in [5, 5.41) is 10.2. The summed E-state index contributed by atoms with van der Waals surface area (Å²) >= 11 is 12.1. The fourth-order valence-electron chi connectivity index (χ4n) is 4.09. The van der Waals surface area contributed by atoms with Crippen LogP contribution in [0, 0.1) is 11.3 Å². The molecule has 0 bridgehead atoms. The molecule has 4 rings (SSSR count). The van der Waals surface area contributed by atoms with Crippen molar-refractivity contribution in [3.8, 4) is 6.07 Å². The Morgan fingerprint density at radius 2 is 1.69 bits per heavy atom. The molecule has 1 atom stereocenters. The summed E-state index contributed by atoms with van der Waals surface area (Å²) in [5.41, 5.74) is 2.47. The highest BCUT2D eigenvalue weighted by molar-refractivity contribution is 6.30. The van der Waals surface area contributed by atoms with E-state index in [-0.39, 0.29) is 25.3 Å². The van der Waals surface area contributed by atoms with Gasteiger partial charge in [0.05, 0.1) is 30.2 Å². The molecule has 0 radical (unpaired) electrons. The molecule has 1 unspecified atom stereocenters. The highest BCUT2D eigenvalue weighted by Gasteiger charge is 2.44. The summed E-state index contributed by atoms with van der Waals surface area (Å²) < 4.78 is 0. The number of hydrogen-bond acceptors (Lipinski definition) is 4. The molecule has 176 valence electrons. The predicted molar refractivity (Wildman–Crippen MR) is 134 cm³/mol. The summed E-state index contributed by atoms with van der Waals surface area (Å²) in [6.07, 6.45) is 0.435. The lowest BCUT2D eigenvalue weighted by molar-refractivity contribution is -0.137. The average molecular weight is 506 g/mol. The molecule has 1 fully saturated rings. The highest BCUT2D eigenvalue weighted by atomic mass is 35.5. The second kappa shape index (κ2) is 10.7. The maximum Gasteiger partial charge on any atom is 0.257 e. The van der Waals surface area contributed by atoms with Crippen LogP contribution in [0.1, 0.15) is 23.1 Å². The lowest BCUT2D eigenvalue weighted by atomic mass is 10.1. The first-order valence-corrected chi connectivity index (χ1v) is 11.8. The van der Waals surface area contributed by atoms with Crippen molar-refractivity contribution in [2.24, 2.45) is 0 Å². The van der Waals surface area contributed by atoms with Crippen molar-refractivity contribution in [3.05, 3.63) is 99.5 Å². The van der Waals surface area contributed by atoms with Gasteiger partial charge >= 0.3 is 0 Å². The number of anilines is 1. The molecule has 3 aromatic rings. The largest absolute Gasteiger partial charge is 0.329 e. The van der Waals surface area contributed by atoms with E-state index in [1.807, 2.05) is 24.3 Å². The Kier molecular flexibility index (Phi) is 7.50. The summed E-state index contributed by atoms with van der Waals surface area (Å²) in [6.45, 7) is 0.248. The van der Waals surface area contributed by atoms with Crippen LogP contribution in [0.25, 0.3) is 0 Å². The van der Waals surface area contributed by atoms with E-state index < -0.39 is 17.9 Å². The Bertz CT molecular complexity index is 1300. The van der Waals surface area contributed by atoms with E-state index >= 15 is 0 Å². The number of halogens is 2. The Labute approximate surface area is 213 Å². The van der Waals surface area contributed by atoms with Crippen molar-refractivity contribution >= 4 is 46.6 Å². The van der Waals surface area contributed by atoms with Gasteiger partial charge < -0.3 is 4.90 Å². The third kappa shape index (κ3) is 5.71. The van der Waals surface area contributed by atoms with Crippen LogP contribution in [0.4, 0.5) is 5.69 Å². The number of rotatable bonds is 7. The lowest BCUT2D eigenvalue weighted by Crippen LogP contribution is -2.47. The van der Waals surface area contributed by atoms with E-state index in [0.29, 0.717) is 27.7 Å². The molecular weight excluding hydrogens is 485 g/mol. The summed E-state index contributed by atoms with van der Waals surface area (Å²) in [7, 11) is 0. The van der Waals surface area contributed by atoms with Gasteiger partial charge in [-0.3, -0.25) is 14.4 Å². The lowest BCUT2D eigenvalue weighted by Gasteiger charge is -2.28. The van der Waals surface area contributed by atoms with E-state index in [4.69, 9.17) is 28.5 Å². The molecule has 0 aliphatic carbocycles. The molecule has 3 aromatic carbocycles. The topological polar surface area (TPSA) is 81.5 Å². The van der Waals surface area contributed by atoms with E-state index in [2.05, 4.69) is 0 Å². The first-order chi connectivity index (χ1) is 16.9. The molecule has 8 heteroatoms. The Morgan fingerprint density at radius 1 is 0.971 bits per heavy atom. The van der Waals surface area contributed by atoms with Gasteiger partial charge in [-0.15, -0.1) is 0 Å². The van der Waals surface area contributed by atoms with Crippen molar-refractivity contribution < 1.29 is 14.4 Å². The van der Waals surface area contributed by atoms with Gasteiger partial charge in [0.15, 0.2) is 0 Å². The number of amides is 3. The van der Waals surface area contributed by atoms with Gasteiger partial charge in [-0.25, -0.2) is 4.90 Å². The van der Waals surface area contributed by atoms with E-state index in [1.54, 1.807) is 54.6 Å². The van der Waals surface area contributed by atoms with Crippen molar-refractivity contribution in [2.75, 3.05) is 11.4 Å². The molecule has 0 spiro atoms. The molecule has 1 heterocycles. The third-order valence-corrected chi connectivity index (χ3v) is 6.36. The molecule has 1 saturated heterocycles. The van der Waals surface area contributed by atoms with Crippen molar-refractivity contribution in [1.29, 1.82) is 5.26 Å². The fourth-order valence-corrected chi connectivity index (χ4v) is 4.43. The average Bonchev–Trinajstić information content (AvgIpc) is 3.14. The zero-order valence-corrected chi connectivity index (χ0v) is 20.2. The van der Waals surface area contributed by atoms with Crippen molar-refractivity contribution in [3.63, 3.8) is 0 Å². The van der Waals surface area contributed by atoms with Crippen molar-refractivity contribution in [2.45, 2.75) is 25.3 Å². The maximum absolute atomic E-state index is 13.4. The molecule has 3 amide bonds. The number of nitrogens with zero attached hydrogens (tertiary/aromatic N) is 3. The summed E-state index contributed by atoms with van der Waals surface area (Å²) in [6, 6.07) is 21.6. The SMILES string of the molecule is N#Cc1ccc(N2C(=O)CC(N(CCc3cccc(Cl)c3)C(=O)Cc3ccc(Cl)cc3)C2=O)cc1. The van der Waals surface area contributed by atoms with Crippen LogP contribution in [0.2, 0.25) is 10.0 Å². The van der Waals surface area contributed by atoms with Crippen LogP contribution in [-0.4, -0.2) is 35.2 Å². The van der Waals surface area contributed by atoms with Crippen LogP contribution in [0.3, 0.4) is 0 Å². The molecular formula is C27H21Cl2N3O3. The molecule has 6 nitrogen and oxygen atoms in total. The van der Waals surface area contributed by atoms with Gasteiger partial charge in [0.2, 0.25) is 11.8 Å². The standard InChI is InChI=1S/C27H21Cl2N3O3/c28-21-8-4-19(5-9-21)15-25(33)31(13-12-18-2-1-3-22(29)14-18)24-16-26(34)32(27(24)35)23-10-6-20(17-30)7-11-23/h1-11,14,24H,12-13,15-16H2. The van der Waals surface area contributed by atoms with E-state index in [0.717, 1.165) is 16.0 Å². The Balaban J connectivity index is 1.59. The number of carbonyl (C=O) groups is 3. The molecule has 0 N–H and O–H groups in total. The monoisotopic (exact) mass is 505 g/mol. The number of benzene rings is 3. The van der Waals surface area contributed by atoms with Gasteiger partial charge in [0.25, 0.3) is 5.91 Å². The summed E-state index contributed by atoms with van der Waals surface area (Å²) in [5.74, 6) is -1.12. The number of nitriles is 1. The second-order valence-electron chi connectivity index (χ2n) is 8.22. The number of carbonyl (C=O) groups excluding carboxylic acids is 3. The highest BCUT2D eigenvalue weighted by Crippen LogP contribution is 2.27. The first kappa shape index (κ1) is 24.5. The van der Waals surface area contributed by atoms with Crippen molar-refractivity contribution in [1.82, 2.24) is 4.90 Å². The molecule has 0 aromatic heterocycles. The van der Waals surface area contributed by atoms with Gasteiger partial charge in [0.1, 0.15) is 6.04 Å². The van der Waals surface area contributed by atoms with Gasteiger partial charge in [-0.1, -0.05) is 47.5 Å². The van der Waals surface area contributed by atoms with Gasteiger partial charge in [0, 0.05) is 16.6 Å². The van der Waals surface area contributed by atoms with Crippen LogP contribution in [-0.2, 0) is 27.2 Å². The minimum Gasteiger partial charge on any atom is -0.329 e. The van der Waals surface area contributed by atoms with E-state index in [1.165, 1.54) is 4.90 Å². The van der Waals surface area contributed by atoms with Crippen LogP contribution < -0.4 is 4.90 Å². The zero-order chi connectivity index (χ0) is 24.9. The molecule has 35 heavy (non-hydrogen) atoms. The fraction of sp³-hybridized carbons (Fsp3) is 0.185. The summed E-state index contributed by atoms with van der Waals surface area (Å²) in [4.78, 5) is 42.2. The van der Waals surface area contributed by atoms with E-state index in [9.17, 15) is 14.4 Å². The predicted octanol–water partition coefficient (Wildman–Crippen LogP) is 4.81. The number of imide groups is 1. The first-order valence-electron chi connectivity index (χ1n) is 11.0. The second-order valence-corrected chi connectivity index (χ2v) is 9.09. The Morgan fingerprint density at radius 3 is 2.34 bits per heavy atom. The molecule has 1 aliphatic rings. The molecule has 0 saturated carbocycles. The molecule has 1 aliphatic heterocycles. The van der Waals surface area contributed by atoms with Gasteiger partial charge in [-0.2, -0.15) is 5.26 Å². The zero-order valence-electron chi connectivity index (χ0n) is 18.7. The van der Waals surface area contributed by atoms with Gasteiger partial charge in [-0.05, 0) is 66.1 Å². The minimum absolute atomic E-state index is 0.0710. The van der Waals surface area contributed by atoms with Crippen LogP contribution in [0.15, 0.2) is 72.8 Å². The smallest absolute Gasteiger partial charge is 0.257 e.